The maximum absolute atomic E-state index is 2.65. The molecule has 8 heavy (non-hydrogen) atoms. The van der Waals surface area contributed by atoms with Gasteiger partial charge in [0, 0.05) is 35.4 Å². The minimum Gasteiger partial charge on any atom is -0.0763 e. The molecule has 0 amide bonds. The van der Waals surface area contributed by atoms with Crippen LogP contribution in [0.1, 0.15) is 0 Å². The fourth-order valence-corrected chi connectivity index (χ4v) is 44.1. The molecule has 1 rings (SSSR count). The lowest BCUT2D eigenvalue weighted by Gasteiger charge is -2.01. The number of rotatable bonds is 0. The van der Waals surface area contributed by atoms with E-state index in [2.05, 4.69) is 13.1 Å². The summed E-state index contributed by atoms with van der Waals surface area (Å²) in [6, 6.07) is 1.78. The van der Waals surface area contributed by atoms with Gasteiger partial charge in [0.25, 0.3) is 0 Å². The Morgan fingerprint density at radius 3 is 2.38 bits per heavy atom. The second-order valence-corrected chi connectivity index (χ2v) is 28.0. The van der Waals surface area contributed by atoms with E-state index in [1.54, 1.807) is 16.3 Å². The Balaban J connectivity index is 2.39. The van der Waals surface area contributed by atoms with Gasteiger partial charge in [-0.1, -0.05) is 24.3 Å². The molecule has 1 fully saturated rings. The van der Waals surface area contributed by atoms with Crippen molar-refractivity contribution in [1.29, 1.82) is 0 Å². The van der Waals surface area contributed by atoms with Crippen LogP contribution in [0.3, 0.4) is 0 Å². The second-order valence-electron chi connectivity index (χ2n) is 3.53. The van der Waals surface area contributed by atoms with Crippen molar-refractivity contribution < 1.29 is 0 Å². The van der Waals surface area contributed by atoms with Gasteiger partial charge in [-0.2, -0.15) is 0 Å². The van der Waals surface area contributed by atoms with Gasteiger partial charge in [-0.15, -0.1) is 0 Å². The van der Waals surface area contributed by atoms with Gasteiger partial charge in [-0.3, -0.25) is 0 Å². The van der Waals surface area contributed by atoms with Gasteiger partial charge in [0.1, 0.15) is 0 Å². The molecular weight excluding hydrogens is 160 g/mol. The first-order valence-corrected chi connectivity index (χ1v) is 14.7. The Morgan fingerprint density at radius 1 is 1.62 bits per heavy atom. The molecule has 1 saturated heterocycles. The Hall–Kier alpha value is 0.868. The summed E-state index contributed by atoms with van der Waals surface area (Å²) < 4.78 is 0. The van der Waals surface area contributed by atoms with E-state index in [0.29, 0.717) is 9.04 Å². The normalized spacial score (nSPS) is 51.0. The molecule has 0 nitrogen and oxygen atoms in total. The predicted octanol–water partition coefficient (Wildman–Crippen LogP) is -1.43. The van der Waals surface area contributed by atoms with Crippen molar-refractivity contribution in [3.05, 3.63) is 0 Å². The largest absolute Gasteiger partial charge is 0.0763 e. The molecule has 0 spiro atoms. The standard InChI is InChI=1S/C4H16Si4/c1-7-3-4(5)6-8(7)2/h4,7-8H,3,6H2,1-2,5H3. The van der Waals surface area contributed by atoms with E-state index in [0.717, 1.165) is 0 Å². The zero-order valence-electron chi connectivity index (χ0n) is 6.15. The van der Waals surface area contributed by atoms with Gasteiger partial charge >= 0.3 is 0 Å². The van der Waals surface area contributed by atoms with Crippen LogP contribution in [0, 0.1) is 0 Å². The molecule has 3 unspecified atom stereocenters. The summed E-state index contributed by atoms with van der Waals surface area (Å²) in [5.74, 6) is 0. The number of hydrogen-bond donors (Lipinski definition) is 0. The van der Waals surface area contributed by atoms with Gasteiger partial charge in [0.2, 0.25) is 0 Å². The molecule has 0 aromatic heterocycles. The number of hydrogen-bond acceptors (Lipinski definition) is 0. The SMILES string of the molecule is C[SiH]1CC([SiH3])[SiH2][SiH]1C. The van der Waals surface area contributed by atoms with E-state index in [9.17, 15) is 0 Å². The monoisotopic (exact) mass is 176 g/mol. The van der Waals surface area contributed by atoms with Gasteiger partial charge in [-0.05, 0) is 0 Å². The Bertz CT molecular complexity index is 74.1. The van der Waals surface area contributed by atoms with Gasteiger partial charge in [0.15, 0.2) is 0 Å². The third-order valence-electron chi connectivity index (χ3n) is 2.52. The minimum atomic E-state index is 0.0340. The summed E-state index contributed by atoms with van der Waals surface area (Å²) in [6.45, 7) is 5.28. The van der Waals surface area contributed by atoms with Crippen LogP contribution in [0.25, 0.3) is 0 Å². The zero-order valence-corrected chi connectivity index (χ0v) is 11.9. The van der Waals surface area contributed by atoms with Gasteiger partial charge in [0.05, 0.1) is 0 Å². The first-order valence-electron chi connectivity index (χ1n) is 3.70. The van der Waals surface area contributed by atoms with Crippen LogP contribution in [0.5, 0.6) is 0 Å². The van der Waals surface area contributed by atoms with Crippen molar-refractivity contribution in [2.24, 2.45) is 0 Å². The van der Waals surface area contributed by atoms with E-state index in [1.165, 1.54) is 5.16 Å². The molecule has 0 aliphatic carbocycles. The maximum atomic E-state index is 2.65. The average molecular weight is 177 g/mol. The lowest BCUT2D eigenvalue weighted by Crippen LogP contribution is -2.27. The van der Waals surface area contributed by atoms with Crippen molar-refractivity contribution in [2.75, 3.05) is 0 Å². The van der Waals surface area contributed by atoms with Crippen molar-refractivity contribution in [3.63, 3.8) is 0 Å². The maximum Gasteiger partial charge on any atom is 0.0212 e. The quantitative estimate of drug-likeness (QED) is 0.397. The van der Waals surface area contributed by atoms with Crippen LogP contribution in [0.15, 0.2) is 0 Å². The Morgan fingerprint density at radius 2 is 2.25 bits per heavy atom. The first-order chi connectivity index (χ1) is 3.70. The fourth-order valence-electron chi connectivity index (χ4n) is 1.83. The molecule has 3 atom stereocenters. The Kier molecular flexibility index (Phi) is 2.30. The van der Waals surface area contributed by atoms with Crippen LogP contribution < -0.4 is 0 Å². The summed E-state index contributed by atoms with van der Waals surface area (Å²) in [7, 11) is 2.31. The van der Waals surface area contributed by atoms with E-state index >= 15 is 0 Å². The van der Waals surface area contributed by atoms with Crippen LogP contribution in [0.2, 0.25) is 24.3 Å². The molecule has 1 aliphatic rings. The highest BCUT2D eigenvalue weighted by Gasteiger charge is 2.26. The van der Waals surface area contributed by atoms with Crippen LogP contribution in [0.4, 0.5) is 0 Å². The van der Waals surface area contributed by atoms with Crippen molar-refractivity contribution in [2.45, 2.75) is 24.3 Å². The van der Waals surface area contributed by atoms with Crippen LogP contribution in [-0.4, -0.2) is 35.4 Å². The zero-order chi connectivity index (χ0) is 6.15. The van der Waals surface area contributed by atoms with Crippen molar-refractivity contribution in [3.8, 4) is 0 Å². The lowest BCUT2D eigenvalue weighted by atomic mass is 10.9. The molecule has 0 saturated carbocycles. The highest BCUT2D eigenvalue weighted by Crippen LogP contribution is 2.19. The first kappa shape index (κ1) is 6.98. The molecule has 0 aromatic rings. The van der Waals surface area contributed by atoms with Crippen LogP contribution >= 0.6 is 0 Å². The summed E-state index contributed by atoms with van der Waals surface area (Å²) in [6.07, 6.45) is 0. The molecule has 0 bridgehead atoms. The minimum absolute atomic E-state index is 0.0340. The van der Waals surface area contributed by atoms with E-state index in [-0.39, 0.29) is 16.1 Å². The van der Waals surface area contributed by atoms with Crippen molar-refractivity contribution >= 4 is 35.4 Å². The third-order valence-corrected chi connectivity index (χ3v) is 35.2. The molecule has 4 heteroatoms. The van der Waals surface area contributed by atoms with E-state index in [4.69, 9.17) is 0 Å². The highest BCUT2D eigenvalue weighted by atomic mass is 29.6. The van der Waals surface area contributed by atoms with Gasteiger partial charge in [-0.25, -0.2) is 0 Å². The predicted molar refractivity (Wildman–Crippen MR) is 53.1 cm³/mol. The molecule has 48 valence electrons. The molecular formula is C4H16Si4. The summed E-state index contributed by atoms with van der Waals surface area (Å²) in [5.41, 5.74) is 0. The molecule has 1 heterocycles. The third kappa shape index (κ3) is 1.43. The Labute approximate surface area is 60.1 Å². The summed E-state index contributed by atoms with van der Waals surface area (Å²) in [4.78, 5) is 0. The average Bonchev–Trinajstić information content (AvgIpc) is 1.85. The fraction of sp³-hybridized carbons (Fsp3) is 1.00. The second kappa shape index (κ2) is 2.63. The lowest BCUT2D eigenvalue weighted by molar-refractivity contribution is 1.33. The van der Waals surface area contributed by atoms with Crippen molar-refractivity contribution in [1.82, 2.24) is 0 Å². The van der Waals surface area contributed by atoms with Crippen LogP contribution in [-0.2, 0) is 0 Å². The molecule has 0 N–H and O–H groups in total. The van der Waals surface area contributed by atoms with Gasteiger partial charge < -0.3 is 0 Å². The summed E-state index contributed by atoms with van der Waals surface area (Å²) in [5, 5.41) is 1.40. The molecule has 1 aliphatic heterocycles. The smallest absolute Gasteiger partial charge is 0.0212 e. The molecule has 0 aromatic carbocycles. The summed E-state index contributed by atoms with van der Waals surface area (Å²) >= 11 is 0. The van der Waals surface area contributed by atoms with E-state index < -0.39 is 0 Å². The highest BCUT2D eigenvalue weighted by molar-refractivity contribution is 7.48. The molecule has 0 radical (unpaired) electrons. The van der Waals surface area contributed by atoms with E-state index in [1.807, 2.05) is 0 Å². The topological polar surface area (TPSA) is 0 Å².